The van der Waals surface area contributed by atoms with E-state index in [1.807, 2.05) is 0 Å². The molecule has 0 bridgehead atoms. The summed E-state index contributed by atoms with van der Waals surface area (Å²) >= 11 is 0. The van der Waals surface area contributed by atoms with Crippen LogP contribution in [0.2, 0.25) is 0 Å². The Bertz CT molecular complexity index is 350. The number of ketones is 1. The average Bonchev–Trinajstić information content (AvgIpc) is 2.22. The van der Waals surface area contributed by atoms with Crippen molar-refractivity contribution in [1.82, 2.24) is 10.6 Å². The van der Waals surface area contributed by atoms with E-state index in [-0.39, 0.29) is 34.4 Å². The summed E-state index contributed by atoms with van der Waals surface area (Å²) in [6, 6.07) is -0.884. The van der Waals surface area contributed by atoms with Crippen molar-refractivity contribution < 1.29 is 27.1 Å². The summed E-state index contributed by atoms with van der Waals surface area (Å²) in [5, 5.41) is 13.4. The van der Waals surface area contributed by atoms with E-state index in [9.17, 15) is 19.2 Å². The Morgan fingerprint density at radius 2 is 1.78 bits per heavy atom. The first-order chi connectivity index (χ1) is 8.32. The summed E-state index contributed by atoms with van der Waals surface area (Å²) in [6.45, 7) is 2.83. The molecule has 0 rings (SSSR count). The van der Waals surface area contributed by atoms with Crippen molar-refractivity contribution in [3.05, 3.63) is 0 Å². The lowest BCUT2D eigenvalue weighted by molar-refractivity contribution is -0.137. The predicted octanol–water partition coefficient (Wildman–Crippen LogP) is -0.0568. The number of aliphatic carboxylic acids is 1. The van der Waals surface area contributed by atoms with Crippen molar-refractivity contribution in [3.63, 3.8) is 0 Å². The van der Waals surface area contributed by atoms with Crippen molar-refractivity contribution in [2.45, 2.75) is 39.2 Å². The molecule has 0 aromatic rings. The Balaban J connectivity index is -0.00000144. The minimum atomic E-state index is -1.04. The highest BCUT2D eigenvalue weighted by Crippen LogP contribution is 1.98. The molecule has 0 saturated heterocycles. The van der Waals surface area contributed by atoms with Crippen LogP contribution in [0, 0.1) is 0 Å². The second-order valence-electron chi connectivity index (χ2n) is 3.93. The number of amides is 2. The number of carbonyl (C=O) groups is 4. The molecular formula is C11H22N2O5. The molecule has 1 unspecified atom stereocenters. The molecule has 7 nitrogen and oxygen atoms in total. The molecule has 0 aliphatic carbocycles. The topological polar surface area (TPSA) is 113 Å². The third-order valence-electron chi connectivity index (χ3n) is 2.12. The van der Waals surface area contributed by atoms with E-state index in [4.69, 9.17) is 5.11 Å². The van der Waals surface area contributed by atoms with Crippen molar-refractivity contribution in [2.24, 2.45) is 0 Å². The fourth-order valence-corrected chi connectivity index (χ4v) is 1.27. The Morgan fingerprint density at radius 1 is 1.17 bits per heavy atom. The lowest BCUT2D eigenvalue weighted by atomic mass is 10.1. The number of carboxylic acid groups (broad SMARTS) is 1. The maximum Gasteiger partial charge on any atom is 0.303 e. The Morgan fingerprint density at radius 3 is 2.22 bits per heavy atom. The molecule has 1 atom stereocenters. The van der Waals surface area contributed by atoms with E-state index in [0.29, 0.717) is 0 Å². The van der Waals surface area contributed by atoms with Crippen molar-refractivity contribution in [2.75, 3.05) is 6.54 Å². The number of carbonyl (C=O) groups excluding carboxylic acids is 3. The molecule has 18 heavy (non-hydrogen) atoms. The number of hydrogen-bond acceptors (Lipinski definition) is 4. The van der Waals surface area contributed by atoms with Gasteiger partial charge in [-0.05, 0) is 13.3 Å². The second-order valence-corrected chi connectivity index (χ2v) is 3.93. The number of Topliss-reactive ketones (excluding diaryl/α,β-unsaturated/α-hetero) is 1. The van der Waals surface area contributed by atoms with Gasteiger partial charge in [0, 0.05) is 29.2 Å². The summed E-state index contributed by atoms with van der Waals surface area (Å²) < 4.78 is 0. The minimum Gasteiger partial charge on any atom is -0.481 e. The summed E-state index contributed by atoms with van der Waals surface area (Å²) in [4.78, 5) is 43.7. The fourth-order valence-electron chi connectivity index (χ4n) is 1.27. The lowest BCUT2D eigenvalue weighted by Crippen LogP contribution is -2.46. The van der Waals surface area contributed by atoms with Gasteiger partial charge in [-0.1, -0.05) is 0 Å². The van der Waals surface area contributed by atoms with Gasteiger partial charge in [-0.15, -0.1) is 0 Å². The van der Waals surface area contributed by atoms with Gasteiger partial charge in [-0.2, -0.15) is 0 Å². The first kappa shape index (κ1) is 16.1. The third-order valence-corrected chi connectivity index (χ3v) is 2.12. The average molecular weight is 262 g/mol. The molecule has 7 heteroatoms. The smallest absolute Gasteiger partial charge is 0.303 e. The van der Waals surface area contributed by atoms with E-state index in [2.05, 4.69) is 10.6 Å². The molecule has 0 aliphatic heterocycles. The van der Waals surface area contributed by atoms with Crippen molar-refractivity contribution in [3.8, 4) is 0 Å². The van der Waals surface area contributed by atoms with Gasteiger partial charge in [0.25, 0.3) is 0 Å². The minimum absolute atomic E-state index is 0. The van der Waals surface area contributed by atoms with Gasteiger partial charge in [0.15, 0.2) is 0 Å². The van der Waals surface area contributed by atoms with Gasteiger partial charge in [0.2, 0.25) is 11.8 Å². The van der Waals surface area contributed by atoms with Crippen LogP contribution < -0.4 is 10.6 Å². The van der Waals surface area contributed by atoms with Crippen LogP contribution in [0.15, 0.2) is 0 Å². The molecule has 0 spiro atoms. The Hall–Kier alpha value is -1.92. The van der Waals surface area contributed by atoms with Gasteiger partial charge in [0.1, 0.15) is 11.8 Å². The largest absolute Gasteiger partial charge is 0.481 e. The summed E-state index contributed by atoms with van der Waals surface area (Å²) in [7, 11) is 0. The highest BCUT2D eigenvalue weighted by Gasteiger charge is 2.19. The molecule has 0 heterocycles. The van der Waals surface area contributed by atoms with Crippen LogP contribution >= 0.6 is 0 Å². The highest BCUT2D eigenvalue weighted by molar-refractivity contribution is 5.87. The van der Waals surface area contributed by atoms with Crippen molar-refractivity contribution in [1.29, 1.82) is 0 Å². The van der Waals surface area contributed by atoms with E-state index in [1.54, 1.807) is 0 Å². The zero-order valence-corrected chi connectivity index (χ0v) is 10.5. The maximum absolute atomic E-state index is 11.6. The van der Waals surface area contributed by atoms with Gasteiger partial charge < -0.3 is 15.7 Å². The summed E-state index contributed by atoms with van der Waals surface area (Å²) in [6.07, 6.45) is 0.00333. The first-order valence-corrected chi connectivity index (χ1v) is 5.59. The highest BCUT2D eigenvalue weighted by atomic mass is 16.4. The summed E-state index contributed by atoms with van der Waals surface area (Å²) in [5.74, 6) is -1.99. The van der Waals surface area contributed by atoms with Gasteiger partial charge in [0.05, 0.1) is 0 Å². The van der Waals surface area contributed by atoms with E-state index in [0.717, 1.165) is 0 Å². The molecule has 2 amide bonds. The van der Waals surface area contributed by atoms with Crippen LogP contribution in [0.1, 0.15) is 36.0 Å². The maximum atomic E-state index is 11.6. The van der Waals surface area contributed by atoms with Crippen LogP contribution in [-0.4, -0.2) is 41.3 Å². The van der Waals surface area contributed by atoms with Gasteiger partial charge >= 0.3 is 5.97 Å². The normalized spacial score (nSPS) is 11.4. The fraction of sp³-hybridized carbons (Fsp3) is 0.636. The molecule has 0 fully saturated rings. The van der Waals surface area contributed by atoms with E-state index < -0.39 is 23.8 Å². The first-order valence-electron chi connectivity index (χ1n) is 5.59. The molecule has 0 saturated carbocycles. The number of rotatable bonds is 8. The number of carboxylic acids is 1. The SMILES string of the molecule is CC(=O)CCNC(=O)C(CCC(=O)O)NC(C)=O.[HH].[HH]. The van der Waals surface area contributed by atoms with Crippen molar-refractivity contribution >= 4 is 23.6 Å². The second kappa shape index (κ2) is 8.21. The monoisotopic (exact) mass is 262 g/mol. The lowest BCUT2D eigenvalue weighted by Gasteiger charge is -2.16. The summed E-state index contributed by atoms with van der Waals surface area (Å²) in [5.41, 5.74) is 0. The molecular weight excluding hydrogens is 240 g/mol. The number of nitrogens with one attached hydrogen (secondary N) is 2. The zero-order valence-electron chi connectivity index (χ0n) is 10.5. The molecule has 3 N–H and O–H groups in total. The van der Waals surface area contributed by atoms with Crippen LogP contribution in [0.5, 0.6) is 0 Å². The van der Waals surface area contributed by atoms with Gasteiger partial charge in [-0.25, -0.2) is 0 Å². The quantitative estimate of drug-likeness (QED) is 0.567. The van der Waals surface area contributed by atoms with Crippen LogP contribution in [0.4, 0.5) is 0 Å². The van der Waals surface area contributed by atoms with Crippen LogP contribution in [0.3, 0.4) is 0 Å². The molecule has 0 aromatic carbocycles. The standard InChI is InChI=1S/C11H18N2O5.2H2/c1-7(14)5-6-12-11(18)9(13-8(2)15)3-4-10(16)17;;/h9H,3-6H2,1-2H3,(H,12,18)(H,13,15)(H,16,17);2*1H. The van der Waals surface area contributed by atoms with Crippen LogP contribution in [-0.2, 0) is 19.2 Å². The molecule has 106 valence electrons. The molecule has 0 radical (unpaired) electrons. The molecule has 0 aromatic heterocycles. The predicted molar refractivity (Wildman–Crippen MR) is 67.0 cm³/mol. The van der Waals surface area contributed by atoms with Crippen LogP contribution in [0.25, 0.3) is 0 Å². The Labute approximate surface area is 108 Å². The number of hydrogen-bond donors (Lipinski definition) is 3. The van der Waals surface area contributed by atoms with E-state index in [1.165, 1.54) is 13.8 Å². The third kappa shape index (κ3) is 8.26. The van der Waals surface area contributed by atoms with E-state index >= 15 is 0 Å². The Kier molecular flexibility index (Phi) is 7.34. The molecule has 0 aliphatic rings. The van der Waals surface area contributed by atoms with Gasteiger partial charge in [-0.3, -0.25) is 19.2 Å². The zero-order chi connectivity index (χ0) is 14.1.